The van der Waals surface area contributed by atoms with E-state index in [9.17, 15) is 4.79 Å². The van der Waals surface area contributed by atoms with Crippen LogP contribution in [-0.4, -0.2) is 47.3 Å². The Hall–Kier alpha value is -1.73. The molecule has 0 aliphatic carbocycles. The molecule has 2 fully saturated rings. The predicted molar refractivity (Wildman–Crippen MR) is 84.5 cm³/mol. The quantitative estimate of drug-likeness (QED) is 0.843. The number of amides is 1. The molecule has 2 aliphatic heterocycles. The van der Waals surface area contributed by atoms with E-state index in [1.165, 1.54) is 0 Å². The number of hydrogen-bond donors (Lipinski definition) is 0. The predicted octanol–water partition coefficient (Wildman–Crippen LogP) is 2.25. The molecule has 0 radical (unpaired) electrons. The van der Waals surface area contributed by atoms with Crippen LogP contribution in [0.5, 0.6) is 0 Å². The first-order valence-electron chi connectivity index (χ1n) is 7.85. The number of aryl methyl sites for hydroxylation is 2. The molecule has 2 aliphatic rings. The Labute approximate surface area is 138 Å². The zero-order valence-corrected chi connectivity index (χ0v) is 14.0. The highest BCUT2D eigenvalue weighted by Crippen LogP contribution is 2.39. The summed E-state index contributed by atoms with van der Waals surface area (Å²) in [5.74, 6) is 2.15. The molecular weight excluding hydrogens is 314 g/mol. The molecule has 0 aromatic carbocycles. The van der Waals surface area contributed by atoms with Gasteiger partial charge >= 0.3 is 0 Å². The van der Waals surface area contributed by atoms with Crippen molar-refractivity contribution in [2.24, 2.45) is 11.8 Å². The number of rotatable bonds is 2. The van der Waals surface area contributed by atoms with E-state index in [1.54, 1.807) is 11.3 Å². The van der Waals surface area contributed by atoms with Crippen LogP contribution in [0.3, 0.4) is 0 Å². The van der Waals surface area contributed by atoms with Gasteiger partial charge in [-0.1, -0.05) is 5.16 Å². The third-order valence-electron chi connectivity index (χ3n) is 4.74. The van der Waals surface area contributed by atoms with Crippen LogP contribution in [0.1, 0.15) is 32.2 Å². The van der Waals surface area contributed by atoms with Crippen molar-refractivity contribution in [1.82, 2.24) is 15.0 Å². The van der Waals surface area contributed by atoms with Gasteiger partial charge in [-0.3, -0.25) is 4.79 Å². The summed E-state index contributed by atoms with van der Waals surface area (Å²) >= 11 is 1.55. The van der Waals surface area contributed by atoms with Crippen LogP contribution in [0.15, 0.2) is 16.7 Å². The van der Waals surface area contributed by atoms with Crippen LogP contribution in [0.25, 0.3) is 0 Å². The molecule has 2 aromatic rings. The zero-order valence-electron chi connectivity index (χ0n) is 13.2. The first kappa shape index (κ1) is 14.8. The molecule has 6 nitrogen and oxygen atoms in total. The normalized spacial score (nSPS) is 27.2. The topological polar surface area (TPSA) is 68.5 Å². The lowest BCUT2D eigenvalue weighted by Crippen LogP contribution is -2.33. The first-order valence-corrected chi connectivity index (χ1v) is 8.67. The van der Waals surface area contributed by atoms with Gasteiger partial charge in [-0.2, -0.15) is 4.98 Å². The average molecular weight is 333 g/mol. The Balaban J connectivity index is 1.54. The van der Waals surface area contributed by atoms with Crippen molar-refractivity contribution in [3.8, 4) is 0 Å². The lowest BCUT2D eigenvalue weighted by Gasteiger charge is -2.30. The van der Waals surface area contributed by atoms with Crippen LogP contribution in [0, 0.1) is 25.7 Å². The Morgan fingerprint density at radius 2 is 2.17 bits per heavy atom. The van der Waals surface area contributed by atoms with Gasteiger partial charge in [0.1, 0.15) is 0 Å². The summed E-state index contributed by atoms with van der Waals surface area (Å²) in [5.41, 5.74) is 0. The minimum atomic E-state index is 0.0813. The van der Waals surface area contributed by atoms with E-state index in [0.717, 1.165) is 22.8 Å². The van der Waals surface area contributed by atoms with E-state index in [-0.39, 0.29) is 11.8 Å². The largest absolute Gasteiger partial charge is 0.380 e. The van der Waals surface area contributed by atoms with Gasteiger partial charge < -0.3 is 14.2 Å². The zero-order chi connectivity index (χ0) is 16.0. The second-order valence-electron chi connectivity index (χ2n) is 6.37. The van der Waals surface area contributed by atoms with Gasteiger partial charge in [0, 0.05) is 23.9 Å². The summed E-state index contributed by atoms with van der Waals surface area (Å²) in [6.45, 7) is 6.59. The minimum Gasteiger partial charge on any atom is -0.380 e. The molecule has 2 aromatic heterocycles. The number of ether oxygens (including phenoxy) is 1. The molecular formula is C16H19N3O3S. The number of carbonyl (C=O) groups excluding carboxylic acids is 1. The number of hydrogen-bond acceptors (Lipinski definition) is 6. The van der Waals surface area contributed by atoms with Crippen molar-refractivity contribution in [2.75, 3.05) is 26.3 Å². The van der Waals surface area contributed by atoms with Crippen LogP contribution in [0.4, 0.5) is 0 Å². The maximum atomic E-state index is 12.7. The fourth-order valence-electron chi connectivity index (χ4n) is 3.59. The molecule has 0 unspecified atom stereocenters. The molecule has 0 spiro atoms. The molecule has 7 heteroatoms. The van der Waals surface area contributed by atoms with Crippen molar-refractivity contribution in [3.63, 3.8) is 0 Å². The molecule has 0 saturated carbocycles. The van der Waals surface area contributed by atoms with Crippen LogP contribution >= 0.6 is 11.3 Å². The minimum absolute atomic E-state index is 0.0813. The number of thiophene rings is 1. The monoisotopic (exact) mass is 333 g/mol. The molecule has 4 rings (SSSR count). The van der Waals surface area contributed by atoms with E-state index in [2.05, 4.69) is 10.1 Å². The maximum Gasteiger partial charge on any atom is 0.263 e. The highest BCUT2D eigenvalue weighted by molar-refractivity contribution is 7.13. The molecule has 4 heterocycles. The Morgan fingerprint density at radius 1 is 1.30 bits per heavy atom. The molecule has 2 saturated heterocycles. The summed E-state index contributed by atoms with van der Waals surface area (Å²) in [6, 6.07) is 3.91. The third kappa shape index (κ3) is 2.68. The van der Waals surface area contributed by atoms with E-state index in [1.807, 2.05) is 30.9 Å². The van der Waals surface area contributed by atoms with E-state index >= 15 is 0 Å². The van der Waals surface area contributed by atoms with Gasteiger partial charge in [-0.05, 0) is 31.9 Å². The van der Waals surface area contributed by atoms with Crippen molar-refractivity contribution in [3.05, 3.63) is 33.6 Å². The standard InChI is InChI=1S/C16H19N3O3S/c1-9-3-4-14(23-9)16(20)19-5-11-7-21-8-13(12(11)6-19)15-17-10(2)18-22-15/h3-4,11-13H,5-8H2,1-2H3/t11-,12-,13+/m0/s1. The van der Waals surface area contributed by atoms with Gasteiger partial charge in [-0.25, -0.2) is 0 Å². The van der Waals surface area contributed by atoms with Crippen molar-refractivity contribution >= 4 is 17.2 Å². The molecule has 122 valence electrons. The molecule has 3 atom stereocenters. The highest BCUT2D eigenvalue weighted by atomic mass is 32.1. The number of aromatic nitrogens is 2. The second-order valence-corrected chi connectivity index (χ2v) is 7.66. The summed E-state index contributed by atoms with van der Waals surface area (Å²) in [5, 5.41) is 3.89. The number of carbonyl (C=O) groups is 1. The van der Waals surface area contributed by atoms with Crippen LogP contribution in [-0.2, 0) is 4.74 Å². The highest BCUT2D eigenvalue weighted by Gasteiger charge is 2.45. The number of likely N-dealkylation sites (tertiary alicyclic amines) is 1. The van der Waals surface area contributed by atoms with Crippen molar-refractivity contribution in [1.29, 1.82) is 0 Å². The van der Waals surface area contributed by atoms with E-state index in [4.69, 9.17) is 9.26 Å². The fourth-order valence-corrected chi connectivity index (χ4v) is 4.42. The van der Waals surface area contributed by atoms with Crippen molar-refractivity contribution in [2.45, 2.75) is 19.8 Å². The fraction of sp³-hybridized carbons (Fsp3) is 0.562. The molecule has 0 N–H and O–H groups in total. The van der Waals surface area contributed by atoms with Gasteiger partial charge in [-0.15, -0.1) is 11.3 Å². The number of nitrogens with zero attached hydrogens (tertiary/aromatic N) is 3. The van der Waals surface area contributed by atoms with Gasteiger partial charge in [0.05, 0.1) is 24.0 Å². The Morgan fingerprint density at radius 3 is 2.87 bits per heavy atom. The van der Waals surface area contributed by atoms with Crippen LogP contribution in [0.2, 0.25) is 0 Å². The van der Waals surface area contributed by atoms with E-state index < -0.39 is 0 Å². The SMILES string of the molecule is Cc1noc([C@@H]2COC[C@@H]3CN(C(=O)c4ccc(C)s4)C[C@@H]32)n1. The smallest absolute Gasteiger partial charge is 0.263 e. The van der Waals surface area contributed by atoms with E-state index in [0.29, 0.717) is 36.8 Å². The average Bonchev–Trinajstić information content (AvgIpc) is 3.24. The first-order chi connectivity index (χ1) is 11.1. The summed E-state index contributed by atoms with van der Waals surface area (Å²) in [4.78, 5) is 21.0. The van der Waals surface area contributed by atoms with Crippen LogP contribution < -0.4 is 0 Å². The molecule has 23 heavy (non-hydrogen) atoms. The van der Waals surface area contributed by atoms with Gasteiger partial charge in [0.25, 0.3) is 5.91 Å². The molecule has 0 bridgehead atoms. The van der Waals surface area contributed by atoms with Crippen molar-refractivity contribution < 1.29 is 14.1 Å². The second kappa shape index (κ2) is 5.72. The lowest BCUT2D eigenvalue weighted by atomic mass is 9.83. The van der Waals surface area contributed by atoms with Gasteiger partial charge in [0.15, 0.2) is 5.82 Å². The summed E-state index contributed by atoms with van der Waals surface area (Å²) in [7, 11) is 0. The maximum absolute atomic E-state index is 12.7. The lowest BCUT2D eigenvalue weighted by molar-refractivity contribution is 0.00992. The summed E-state index contributed by atoms with van der Waals surface area (Å²) < 4.78 is 11.1. The Bertz CT molecular complexity index is 726. The molecule has 1 amide bonds. The summed E-state index contributed by atoms with van der Waals surface area (Å²) in [6.07, 6.45) is 0. The third-order valence-corrected chi connectivity index (χ3v) is 5.73. The van der Waals surface area contributed by atoms with Gasteiger partial charge in [0.2, 0.25) is 5.89 Å². The number of fused-ring (bicyclic) bond motifs is 1. The Kier molecular flexibility index (Phi) is 3.69.